The number of hydrogen-bond acceptors (Lipinski definition) is 6. The Morgan fingerprint density at radius 3 is 2.10 bits per heavy atom. The van der Waals surface area contributed by atoms with Gasteiger partial charge in [-0.05, 0) is 35.7 Å². The van der Waals surface area contributed by atoms with Gasteiger partial charge in [0, 0.05) is 25.8 Å². The van der Waals surface area contributed by atoms with Crippen molar-refractivity contribution in [3.05, 3.63) is 65.2 Å². The monoisotopic (exact) mass is 398 g/mol. The van der Waals surface area contributed by atoms with Gasteiger partial charge in [0.15, 0.2) is 12.2 Å². The number of nitrogens with zero attached hydrogens (tertiary/aromatic N) is 1. The van der Waals surface area contributed by atoms with Gasteiger partial charge in [-0.15, -0.1) is 0 Å². The van der Waals surface area contributed by atoms with Gasteiger partial charge in [0.1, 0.15) is 0 Å². The van der Waals surface area contributed by atoms with E-state index in [-0.39, 0.29) is 0 Å². The van der Waals surface area contributed by atoms with Crippen LogP contribution in [0.1, 0.15) is 29.7 Å². The van der Waals surface area contributed by atoms with Crippen LogP contribution in [0.25, 0.3) is 0 Å². The maximum atomic E-state index is 12.5. The van der Waals surface area contributed by atoms with Gasteiger partial charge in [-0.25, -0.2) is 5.43 Å². The fourth-order valence-electron chi connectivity index (χ4n) is 3.34. The average molecular weight is 398 g/mol. The van der Waals surface area contributed by atoms with Gasteiger partial charge in [-0.3, -0.25) is 9.59 Å². The third kappa shape index (κ3) is 4.73. The summed E-state index contributed by atoms with van der Waals surface area (Å²) in [5, 5.41) is 23.1. The van der Waals surface area contributed by atoms with Crippen LogP contribution >= 0.6 is 0 Å². The molecule has 2 aromatic carbocycles. The highest BCUT2D eigenvalue weighted by molar-refractivity contribution is 5.91. The quantitative estimate of drug-likeness (QED) is 0.438. The molecule has 1 aliphatic rings. The Hall–Kier alpha value is -2.94. The van der Waals surface area contributed by atoms with E-state index in [0.29, 0.717) is 13.1 Å². The Labute approximate surface area is 169 Å². The zero-order valence-electron chi connectivity index (χ0n) is 16.4. The number of fused-ring (bicyclic) bond motifs is 1. The molecule has 3 rings (SSSR count). The third-order valence-electron chi connectivity index (χ3n) is 5.01. The molecule has 154 valence electrons. The highest BCUT2D eigenvalue weighted by Gasteiger charge is 2.35. The maximum Gasteiger partial charge on any atom is 0.255 e. The van der Waals surface area contributed by atoms with Crippen molar-refractivity contribution in [1.29, 1.82) is 0 Å². The first-order valence-electron chi connectivity index (χ1n) is 9.45. The van der Waals surface area contributed by atoms with Crippen molar-refractivity contribution in [1.82, 2.24) is 15.6 Å². The molecule has 29 heavy (non-hydrogen) atoms. The SMILES string of the molecule is CNNc1ccc([C@@H](C)NC(=O)[C@H](O)[C@@H](O)C(=O)N2Cc3ccccc3C2)cc1. The molecule has 5 N–H and O–H groups in total. The second kappa shape index (κ2) is 9.04. The van der Waals surface area contributed by atoms with Crippen molar-refractivity contribution in [3.8, 4) is 0 Å². The largest absolute Gasteiger partial charge is 0.380 e. The first kappa shape index (κ1) is 20.8. The minimum atomic E-state index is -1.85. The van der Waals surface area contributed by atoms with E-state index < -0.39 is 30.1 Å². The minimum Gasteiger partial charge on any atom is -0.380 e. The van der Waals surface area contributed by atoms with Crippen LogP contribution in [0.5, 0.6) is 0 Å². The number of nitrogens with one attached hydrogen (secondary N) is 3. The summed E-state index contributed by atoms with van der Waals surface area (Å²) in [6.45, 7) is 2.46. The normalized spacial score (nSPS) is 15.9. The topological polar surface area (TPSA) is 114 Å². The molecule has 0 saturated heterocycles. The number of aliphatic hydroxyl groups excluding tert-OH is 2. The number of hydrogen-bond donors (Lipinski definition) is 5. The highest BCUT2D eigenvalue weighted by atomic mass is 16.3. The number of rotatable bonds is 7. The number of carbonyl (C=O) groups excluding carboxylic acids is 2. The number of hydrazine groups is 1. The molecule has 0 spiro atoms. The summed E-state index contributed by atoms with van der Waals surface area (Å²) in [6, 6.07) is 14.5. The van der Waals surface area contributed by atoms with E-state index in [9.17, 15) is 19.8 Å². The molecule has 0 bridgehead atoms. The van der Waals surface area contributed by atoms with Crippen LogP contribution in [0.3, 0.4) is 0 Å². The molecule has 8 nitrogen and oxygen atoms in total. The fraction of sp³-hybridized carbons (Fsp3) is 0.333. The van der Waals surface area contributed by atoms with Crippen LogP contribution in [-0.2, 0) is 22.7 Å². The summed E-state index contributed by atoms with van der Waals surface area (Å²) in [5.41, 5.74) is 9.44. The first-order chi connectivity index (χ1) is 13.9. The van der Waals surface area contributed by atoms with Crippen molar-refractivity contribution < 1.29 is 19.8 Å². The lowest BCUT2D eigenvalue weighted by atomic mass is 10.1. The molecule has 8 heteroatoms. The summed E-state index contributed by atoms with van der Waals surface area (Å²) >= 11 is 0. The average Bonchev–Trinajstić information content (AvgIpc) is 3.17. The second-order valence-corrected chi connectivity index (χ2v) is 7.08. The highest BCUT2D eigenvalue weighted by Crippen LogP contribution is 2.23. The van der Waals surface area contributed by atoms with E-state index in [2.05, 4.69) is 16.2 Å². The number of carbonyl (C=O) groups is 2. The molecular weight excluding hydrogens is 372 g/mol. The Bertz CT molecular complexity index is 846. The van der Waals surface area contributed by atoms with Crippen molar-refractivity contribution in [2.24, 2.45) is 0 Å². The molecule has 2 amide bonds. The summed E-state index contributed by atoms with van der Waals surface area (Å²) in [6.07, 6.45) is -3.67. The smallest absolute Gasteiger partial charge is 0.255 e. The molecule has 0 aromatic heterocycles. The summed E-state index contributed by atoms with van der Waals surface area (Å²) < 4.78 is 0. The van der Waals surface area contributed by atoms with Crippen molar-refractivity contribution >= 4 is 17.5 Å². The van der Waals surface area contributed by atoms with Crippen LogP contribution in [0, 0.1) is 0 Å². The van der Waals surface area contributed by atoms with E-state index in [0.717, 1.165) is 22.4 Å². The summed E-state index contributed by atoms with van der Waals surface area (Å²) in [5.74, 6) is -1.47. The van der Waals surface area contributed by atoms with Gasteiger partial charge < -0.3 is 25.9 Å². The fourth-order valence-corrected chi connectivity index (χ4v) is 3.34. The van der Waals surface area contributed by atoms with E-state index in [1.807, 2.05) is 48.5 Å². The predicted octanol–water partition coefficient (Wildman–Crippen LogP) is 0.674. The Kier molecular flexibility index (Phi) is 6.48. The number of aliphatic hydroxyl groups is 2. The van der Waals surface area contributed by atoms with E-state index in [4.69, 9.17) is 0 Å². The van der Waals surface area contributed by atoms with E-state index >= 15 is 0 Å². The molecule has 1 aliphatic heterocycles. The zero-order valence-corrected chi connectivity index (χ0v) is 16.4. The Balaban J connectivity index is 1.57. The molecule has 2 aromatic rings. The van der Waals surface area contributed by atoms with Crippen molar-refractivity contribution in [2.75, 3.05) is 12.5 Å². The zero-order chi connectivity index (χ0) is 21.0. The van der Waals surface area contributed by atoms with Gasteiger partial charge in [-0.2, -0.15) is 0 Å². The van der Waals surface area contributed by atoms with Crippen molar-refractivity contribution in [3.63, 3.8) is 0 Å². The van der Waals surface area contributed by atoms with Gasteiger partial charge in [0.05, 0.1) is 6.04 Å². The van der Waals surface area contributed by atoms with Gasteiger partial charge in [-0.1, -0.05) is 36.4 Å². The maximum absolute atomic E-state index is 12.5. The molecule has 0 aliphatic carbocycles. The lowest BCUT2D eigenvalue weighted by Crippen LogP contribution is -2.50. The van der Waals surface area contributed by atoms with Crippen LogP contribution in [0.15, 0.2) is 48.5 Å². The third-order valence-corrected chi connectivity index (χ3v) is 5.01. The van der Waals surface area contributed by atoms with E-state index in [1.54, 1.807) is 14.0 Å². The number of benzene rings is 2. The van der Waals surface area contributed by atoms with Crippen LogP contribution in [0.4, 0.5) is 5.69 Å². The molecule has 1 heterocycles. The lowest BCUT2D eigenvalue weighted by molar-refractivity contribution is -0.153. The summed E-state index contributed by atoms with van der Waals surface area (Å²) in [7, 11) is 1.76. The van der Waals surface area contributed by atoms with E-state index in [1.165, 1.54) is 4.90 Å². The summed E-state index contributed by atoms with van der Waals surface area (Å²) in [4.78, 5) is 26.3. The molecule has 0 radical (unpaired) electrons. The number of amides is 2. The van der Waals surface area contributed by atoms with Crippen LogP contribution in [0.2, 0.25) is 0 Å². The molecular formula is C21H26N4O4. The predicted molar refractivity (Wildman–Crippen MR) is 108 cm³/mol. The van der Waals surface area contributed by atoms with Crippen molar-refractivity contribution in [2.45, 2.75) is 38.3 Å². The Morgan fingerprint density at radius 2 is 1.55 bits per heavy atom. The van der Waals surface area contributed by atoms with Crippen LogP contribution in [-0.4, -0.2) is 46.2 Å². The van der Waals surface area contributed by atoms with Gasteiger partial charge in [0.2, 0.25) is 0 Å². The van der Waals surface area contributed by atoms with Gasteiger partial charge >= 0.3 is 0 Å². The van der Waals surface area contributed by atoms with Gasteiger partial charge in [0.25, 0.3) is 11.8 Å². The minimum absolute atomic E-state index is 0.351. The Morgan fingerprint density at radius 1 is 0.966 bits per heavy atom. The molecule has 0 saturated carbocycles. The first-order valence-corrected chi connectivity index (χ1v) is 9.45. The lowest BCUT2D eigenvalue weighted by Gasteiger charge is -2.24. The number of anilines is 1. The molecule has 0 unspecified atom stereocenters. The van der Waals surface area contributed by atoms with Crippen LogP contribution < -0.4 is 16.2 Å². The molecule has 0 fully saturated rings. The second-order valence-electron chi connectivity index (χ2n) is 7.08. The molecule has 3 atom stereocenters. The standard InChI is InChI=1S/C21H26N4O4/c1-13(14-7-9-17(10-8-14)24-22-2)23-20(28)18(26)19(27)21(29)25-11-15-5-3-4-6-16(15)12-25/h3-10,13,18-19,22,24,26-27H,11-12H2,1-2H3,(H,23,28)/t13-,18-,19-/m1/s1.